The van der Waals surface area contributed by atoms with Gasteiger partial charge in [-0.15, -0.1) is 0 Å². The largest absolute Gasteiger partial charge is 0.382 e. The standard InChI is InChI=1S/C26H33N7O/c1-4-21-31-23-24(22-20(30-25(23)27)10-9-16-28-22)33(21)17-8-7-15-29-26(34)18-11-13-19(14-12-18)32(5-2)6-3/h9-14,16H,4-8,15,17H2,1-3H3,(H2,27,30)(H,29,34). The molecular formula is C26H33N7O. The van der Waals surface area contributed by atoms with E-state index in [9.17, 15) is 4.79 Å². The Morgan fingerprint density at radius 2 is 1.79 bits per heavy atom. The van der Waals surface area contributed by atoms with Gasteiger partial charge in [-0.1, -0.05) is 6.92 Å². The van der Waals surface area contributed by atoms with E-state index >= 15 is 0 Å². The van der Waals surface area contributed by atoms with Crippen LogP contribution in [-0.2, 0) is 13.0 Å². The van der Waals surface area contributed by atoms with E-state index in [4.69, 9.17) is 10.7 Å². The number of fused-ring (bicyclic) bond motifs is 3. The van der Waals surface area contributed by atoms with Gasteiger partial charge >= 0.3 is 0 Å². The van der Waals surface area contributed by atoms with Gasteiger partial charge in [0.25, 0.3) is 5.91 Å². The SMILES string of the molecule is CCc1nc2c(N)nc3cccnc3c2n1CCCCNC(=O)c1ccc(N(CC)CC)cc1. The number of pyridine rings is 2. The summed E-state index contributed by atoms with van der Waals surface area (Å²) in [6.45, 7) is 9.64. The number of nitrogens with two attached hydrogens (primary N) is 1. The maximum absolute atomic E-state index is 12.5. The number of hydrogen-bond donors (Lipinski definition) is 2. The highest BCUT2D eigenvalue weighted by atomic mass is 16.1. The first-order valence-corrected chi connectivity index (χ1v) is 12.1. The van der Waals surface area contributed by atoms with E-state index in [0.29, 0.717) is 23.4 Å². The van der Waals surface area contributed by atoms with E-state index in [1.165, 1.54) is 0 Å². The van der Waals surface area contributed by atoms with Crippen LogP contribution in [0.5, 0.6) is 0 Å². The van der Waals surface area contributed by atoms with Gasteiger partial charge in [-0.3, -0.25) is 9.78 Å². The molecule has 4 rings (SSSR count). The highest BCUT2D eigenvalue weighted by Gasteiger charge is 2.17. The van der Waals surface area contributed by atoms with Crippen LogP contribution in [-0.4, -0.2) is 45.1 Å². The first-order valence-electron chi connectivity index (χ1n) is 12.1. The second-order valence-corrected chi connectivity index (χ2v) is 8.28. The second-order valence-electron chi connectivity index (χ2n) is 8.28. The fraction of sp³-hybridized carbons (Fsp3) is 0.385. The summed E-state index contributed by atoms with van der Waals surface area (Å²) < 4.78 is 2.20. The normalized spacial score (nSPS) is 11.3. The second kappa shape index (κ2) is 10.5. The molecule has 1 aromatic carbocycles. The molecule has 0 radical (unpaired) electrons. The molecule has 3 aromatic heterocycles. The lowest BCUT2D eigenvalue weighted by Gasteiger charge is -2.21. The third-order valence-corrected chi connectivity index (χ3v) is 6.21. The van der Waals surface area contributed by atoms with Crippen molar-refractivity contribution in [3.63, 3.8) is 0 Å². The van der Waals surface area contributed by atoms with Crippen LogP contribution in [0, 0.1) is 0 Å². The summed E-state index contributed by atoms with van der Waals surface area (Å²) in [6, 6.07) is 11.6. The highest BCUT2D eigenvalue weighted by molar-refractivity contribution is 6.04. The number of rotatable bonds is 10. The molecule has 8 nitrogen and oxygen atoms in total. The van der Waals surface area contributed by atoms with Crippen molar-refractivity contribution in [1.82, 2.24) is 24.8 Å². The molecule has 4 aromatic rings. The topological polar surface area (TPSA) is 102 Å². The quantitative estimate of drug-likeness (QED) is 0.345. The minimum absolute atomic E-state index is 0.0394. The van der Waals surface area contributed by atoms with Crippen molar-refractivity contribution in [3.05, 3.63) is 54.0 Å². The van der Waals surface area contributed by atoms with Gasteiger partial charge < -0.3 is 20.5 Å². The fourth-order valence-electron chi connectivity index (χ4n) is 4.39. The van der Waals surface area contributed by atoms with Crippen LogP contribution in [0.4, 0.5) is 11.5 Å². The monoisotopic (exact) mass is 459 g/mol. The average molecular weight is 460 g/mol. The summed E-state index contributed by atoms with van der Waals surface area (Å²) in [7, 11) is 0. The van der Waals surface area contributed by atoms with Crippen LogP contribution in [0.25, 0.3) is 22.1 Å². The van der Waals surface area contributed by atoms with E-state index in [1.54, 1.807) is 6.20 Å². The molecule has 0 saturated carbocycles. The molecule has 0 aliphatic heterocycles. The molecule has 0 saturated heterocycles. The highest BCUT2D eigenvalue weighted by Crippen LogP contribution is 2.28. The Labute approximate surface area is 200 Å². The molecule has 1 amide bonds. The van der Waals surface area contributed by atoms with Crippen molar-refractivity contribution in [1.29, 1.82) is 0 Å². The molecule has 0 unspecified atom stereocenters. The molecule has 0 aliphatic carbocycles. The maximum Gasteiger partial charge on any atom is 0.251 e. The number of carbonyl (C=O) groups is 1. The summed E-state index contributed by atoms with van der Waals surface area (Å²) >= 11 is 0. The number of benzene rings is 1. The van der Waals surface area contributed by atoms with Crippen molar-refractivity contribution < 1.29 is 4.79 Å². The summed E-state index contributed by atoms with van der Waals surface area (Å²) in [5.74, 6) is 1.37. The molecule has 178 valence electrons. The molecule has 0 spiro atoms. The van der Waals surface area contributed by atoms with Crippen LogP contribution in [0.2, 0.25) is 0 Å². The number of anilines is 2. The van der Waals surface area contributed by atoms with E-state index in [0.717, 1.165) is 67.0 Å². The predicted octanol–water partition coefficient (Wildman–Crippen LogP) is 4.18. The number of nitrogens with zero attached hydrogens (tertiary/aromatic N) is 5. The molecule has 0 fully saturated rings. The van der Waals surface area contributed by atoms with Crippen molar-refractivity contribution >= 4 is 39.5 Å². The Morgan fingerprint density at radius 1 is 1.03 bits per heavy atom. The molecule has 34 heavy (non-hydrogen) atoms. The summed E-state index contributed by atoms with van der Waals surface area (Å²) in [6.07, 6.45) is 4.32. The van der Waals surface area contributed by atoms with E-state index < -0.39 is 0 Å². The van der Waals surface area contributed by atoms with Crippen LogP contribution in [0.1, 0.15) is 49.8 Å². The van der Waals surface area contributed by atoms with Gasteiger partial charge in [0.15, 0.2) is 5.82 Å². The third kappa shape index (κ3) is 4.66. The lowest BCUT2D eigenvalue weighted by molar-refractivity contribution is 0.0953. The van der Waals surface area contributed by atoms with E-state index in [-0.39, 0.29) is 5.91 Å². The summed E-state index contributed by atoms with van der Waals surface area (Å²) in [5.41, 5.74) is 11.3. The zero-order valence-electron chi connectivity index (χ0n) is 20.2. The Bertz CT molecular complexity index is 1280. The number of unbranched alkanes of at least 4 members (excludes halogenated alkanes) is 1. The van der Waals surface area contributed by atoms with Crippen molar-refractivity contribution in [3.8, 4) is 0 Å². The molecule has 3 heterocycles. The van der Waals surface area contributed by atoms with E-state index in [2.05, 4.69) is 45.5 Å². The summed E-state index contributed by atoms with van der Waals surface area (Å²) in [4.78, 5) is 28.6. The van der Waals surface area contributed by atoms with Gasteiger partial charge in [0.2, 0.25) is 0 Å². The lowest BCUT2D eigenvalue weighted by Crippen LogP contribution is -2.25. The third-order valence-electron chi connectivity index (χ3n) is 6.21. The van der Waals surface area contributed by atoms with Crippen LogP contribution in [0.15, 0.2) is 42.6 Å². The fourth-order valence-corrected chi connectivity index (χ4v) is 4.39. The number of aryl methyl sites for hydroxylation is 2. The van der Waals surface area contributed by atoms with Gasteiger partial charge in [0, 0.05) is 50.0 Å². The minimum atomic E-state index is -0.0394. The minimum Gasteiger partial charge on any atom is -0.382 e. The number of amides is 1. The Balaban J connectivity index is 1.38. The number of imidazole rings is 1. The van der Waals surface area contributed by atoms with Crippen LogP contribution in [0.3, 0.4) is 0 Å². The molecule has 0 atom stereocenters. The molecular weight excluding hydrogens is 426 g/mol. The zero-order chi connectivity index (χ0) is 24.1. The van der Waals surface area contributed by atoms with Crippen LogP contribution >= 0.6 is 0 Å². The lowest BCUT2D eigenvalue weighted by atomic mass is 10.1. The Hall–Kier alpha value is -3.68. The van der Waals surface area contributed by atoms with Gasteiger partial charge in [-0.05, 0) is 63.1 Å². The van der Waals surface area contributed by atoms with E-state index in [1.807, 2.05) is 36.4 Å². The Kier molecular flexibility index (Phi) is 7.25. The van der Waals surface area contributed by atoms with Crippen molar-refractivity contribution in [2.45, 2.75) is 46.6 Å². The molecule has 0 bridgehead atoms. The van der Waals surface area contributed by atoms with Gasteiger partial charge in [0.1, 0.15) is 22.4 Å². The zero-order valence-corrected chi connectivity index (χ0v) is 20.2. The number of nitrogen functional groups attached to an aromatic ring is 1. The van der Waals surface area contributed by atoms with Gasteiger partial charge in [-0.25, -0.2) is 9.97 Å². The maximum atomic E-state index is 12.5. The number of aromatic nitrogens is 4. The number of hydrogen-bond acceptors (Lipinski definition) is 6. The number of carbonyl (C=O) groups excluding carboxylic acids is 1. The van der Waals surface area contributed by atoms with Crippen molar-refractivity contribution in [2.24, 2.45) is 0 Å². The average Bonchev–Trinajstić information content (AvgIpc) is 3.24. The Morgan fingerprint density at radius 3 is 2.50 bits per heavy atom. The molecule has 3 N–H and O–H groups in total. The molecule has 0 aliphatic rings. The summed E-state index contributed by atoms with van der Waals surface area (Å²) in [5, 5.41) is 3.04. The van der Waals surface area contributed by atoms with Crippen molar-refractivity contribution in [2.75, 3.05) is 30.3 Å². The van der Waals surface area contributed by atoms with Crippen LogP contribution < -0.4 is 16.0 Å². The number of nitrogens with one attached hydrogen (secondary N) is 1. The first-order chi connectivity index (χ1) is 16.6. The predicted molar refractivity (Wildman–Crippen MR) is 138 cm³/mol. The van der Waals surface area contributed by atoms with Gasteiger partial charge in [0.05, 0.1) is 5.52 Å². The first kappa shape index (κ1) is 23.5. The molecule has 8 heteroatoms. The van der Waals surface area contributed by atoms with Gasteiger partial charge in [-0.2, -0.15) is 0 Å². The smallest absolute Gasteiger partial charge is 0.251 e.